The van der Waals surface area contributed by atoms with Crippen LogP contribution in [0.1, 0.15) is 35.9 Å². The van der Waals surface area contributed by atoms with E-state index in [9.17, 15) is 8.42 Å². The van der Waals surface area contributed by atoms with Crippen molar-refractivity contribution in [1.82, 2.24) is 14.8 Å². The molecule has 2 aromatic rings. The highest BCUT2D eigenvalue weighted by molar-refractivity contribution is 7.89. The largest absolute Gasteiger partial charge is 0.371 e. The molecule has 1 saturated heterocycles. The summed E-state index contributed by atoms with van der Waals surface area (Å²) in [4.78, 5) is 10.8. The van der Waals surface area contributed by atoms with Crippen LogP contribution in [-0.4, -0.2) is 30.7 Å². The van der Waals surface area contributed by atoms with E-state index in [4.69, 9.17) is 4.74 Å². The summed E-state index contributed by atoms with van der Waals surface area (Å²) in [6.45, 7) is 4.26. The minimum Gasteiger partial charge on any atom is -0.371 e. The molecule has 7 nitrogen and oxygen atoms in total. The second-order valence-electron chi connectivity index (χ2n) is 5.98. The van der Waals surface area contributed by atoms with E-state index in [2.05, 4.69) is 19.9 Å². The molecular formula is C17H20N4O3S. The van der Waals surface area contributed by atoms with Crippen LogP contribution in [0, 0.1) is 13.8 Å². The Morgan fingerprint density at radius 3 is 2.68 bits per heavy atom. The third kappa shape index (κ3) is 4.40. The molecule has 0 radical (unpaired) electrons. The second kappa shape index (κ2) is 7.28. The monoisotopic (exact) mass is 360 g/mol. The SMILES string of the molecule is Cc1ccc(S(=O)(=O)NN=C2CCOC(c3cc(C)ncn3)C2)cc1. The van der Waals surface area contributed by atoms with E-state index in [-0.39, 0.29) is 11.0 Å². The van der Waals surface area contributed by atoms with Gasteiger partial charge in [-0.3, -0.25) is 0 Å². The van der Waals surface area contributed by atoms with Gasteiger partial charge in [0.05, 0.1) is 17.2 Å². The Bertz CT molecular complexity index is 879. The van der Waals surface area contributed by atoms with Crippen LogP contribution < -0.4 is 4.83 Å². The molecule has 0 amide bonds. The Morgan fingerprint density at radius 2 is 1.96 bits per heavy atom. The zero-order valence-electron chi connectivity index (χ0n) is 14.1. The molecule has 1 aliphatic heterocycles. The van der Waals surface area contributed by atoms with Crippen molar-refractivity contribution in [1.29, 1.82) is 0 Å². The topological polar surface area (TPSA) is 93.5 Å². The molecule has 1 unspecified atom stereocenters. The van der Waals surface area contributed by atoms with Crippen LogP contribution in [0.2, 0.25) is 0 Å². The van der Waals surface area contributed by atoms with Crippen molar-refractivity contribution in [3.8, 4) is 0 Å². The maximum absolute atomic E-state index is 12.3. The number of ether oxygens (including phenoxy) is 1. The van der Waals surface area contributed by atoms with E-state index in [0.717, 1.165) is 22.7 Å². The van der Waals surface area contributed by atoms with Crippen LogP contribution in [0.5, 0.6) is 0 Å². The number of sulfonamides is 1. The van der Waals surface area contributed by atoms with Crippen LogP contribution in [0.4, 0.5) is 0 Å². The summed E-state index contributed by atoms with van der Waals surface area (Å²) in [6, 6.07) is 8.50. The van der Waals surface area contributed by atoms with Gasteiger partial charge in [0, 0.05) is 24.2 Å². The van der Waals surface area contributed by atoms with Crippen LogP contribution in [0.3, 0.4) is 0 Å². The Labute approximate surface area is 147 Å². The summed E-state index contributed by atoms with van der Waals surface area (Å²) in [5.74, 6) is 0. The van der Waals surface area contributed by atoms with Crippen molar-refractivity contribution < 1.29 is 13.2 Å². The number of aromatic nitrogens is 2. The molecule has 1 fully saturated rings. The Hall–Kier alpha value is -2.32. The minimum absolute atomic E-state index is 0.192. The van der Waals surface area contributed by atoms with Gasteiger partial charge in [0.15, 0.2) is 0 Å². The fourth-order valence-electron chi connectivity index (χ4n) is 2.53. The first kappa shape index (κ1) is 17.5. The Balaban J connectivity index is 1.72. The molecule has 8 heteroatoms. The number of hydrazone groups is 1. The summed E-state index contributed by atoms with van der Waals surface area (Å²) >= 11 is 0. The van der Waals surface area contributed by atoms with Gasteiger partial charge in [0.25, 0.3) is 10.0 Å². The maximum Gasteiger partial charge on any atom is 0.276 e. The number of rotatable bonds is 4. The van der Waals surface area contributed by atoms with Gasteiger partial charge in [-0.15, -0.1) is 0 Å². The summed E-state index contributed by atoms with van der Waals surface area (Å²) in [7, 11) is -3.67. The fourth-order valence-corrected chi connectivity index (χ4v) is 3.38. The highest BCUT2D eigenvalue weighted by atomic mass is 32.2. The van der Waals surface area contributed by atoms with Gasteiger partial charge in [0.1, 0.15) is 12.4 Å². The average Bonchev–Trinajstić information content (AvgIpc) is 2.61. The van der Waals surface area contributed by atoms with Crippen molar-refractivity contribution >= 4 is 15.7 Å². The summed E-state index contributed by atoms with van der Waals surface area (Å²) < 4.78 is 30.4. The summed E-state index contributed by atoms with van der Waals surface area (Å²) in [5.41, 5.74) is 3.37. The van der Waals surface area contributed by atoms with Gasteiger partial charge < -0.3 is 4.74 Å². The third-order valence-electron chi connectivity index (χ3n) is 3.94. The van der Waals surface area contributed by atoms with Crippen molar-refractivity contribution in [3.05, 3.63) is 53.6 Å². The van der Waals surface area contributed by atoms with Crippen LogP contribution in [0.15, 0.2) is 46.7 Å². The van der Waals surface area contributed by atoms with Crippen LogP contribution in [-0.2, 0) is 14.8 Å². The van der Waals surface area contributed by atoms with E-state index in [0.29, 0.717) is 19.4 Å². The average molecular weight is 360 g/mol. The molecule has 2 heterocycles. The zero-order chi connectivity index (χ0) is 17.9. The predicted molar refractivity (Wildman–Crippen MR) is 93.6 cm³/mol. The lowest BCUT2D eigenvalue weighted by atomic mass is 10.0. The zero-order valence-corrected chi connectivity index (χ0v) is 15.0. The predicted octanol–water partition coefficient (Wildman–Crippen LogP) is 2.28. The first-order valence-electron chi connectivity index (χ1n) is 7.98. The number of aryl methyl sites for hydroxylation is 2. The van der Waals surface area contributed by atoms with Crippen molar-refractivity contribution in [2.45, 2.75) is 37.7 Å². The van der Waals surface area contributed by atoms with Crippen molar-refractivity contribution in [3.63, 3.8) is 0 Å². The van der Waals surface area contributed by atoms with E-state index >= 15 is 0 Å². The van der Waals surface area contributed by atoms with Gasteiger partial charge in [0.2, 0.25) is 0 Å². The minimum atomic E-state index is -3.67. The highest BCUT2D eigenvalue weighted by Crippen LogP contribution is 2.25. The molecule has 0 aliphatic carbocycles. The number of nitrogens with one attached hydrogen (secondary N) is 1. The van der Waals surface area contributed by atoms with Crippen molar-refractivity contribution in [2.24, 2.45) is 5.10 Å². The van der Waals surface area contributed by atoms with E-state index < -0.39 is 10.0 Å². The molecule has 1 aromatic heterocycles. The summed E-state index contributed by atoms with van der Waals surface area (Å²) in [6.07, 6.45) is 2.33. The Morgan fingerprint density at radius 1 is 1.20 bits per heavy atom. The lowest BCUT2D eigenvalue weighted by molar-refractivity contribution is 0.0465. The first-order valence-corrected chi connectivity index (χ1v) is 9.46. The van der Waals surface area contributed by atoms with Crippen molar-refractivity contribution in [2.75, 3.05) is 6.61 Å². The molecule has 1 atom stereocenters. The molecule has 0 spiro atoms. The van der Waals surface area contributed by atoms with Crippen LogP contribution >= 0.6 is 0 Å². The lowest BCUT2D eigenvalue weighted by Crippen LogP contribution is -2.25. The van der Waals surface area contributed by atoms with Crippen LogP contribution in [0.25, 0.3) is 0 Å². The van der Waals surface area contributed by atoms with Gasteiger partial charge in [-0.2, -0.15) is 13.5 Å². The molecule has 0 saturated carbocycles. The van der Waals surface area contributed by atoms with Gasteiger partial charge in [-0.05, 0) is 32.0 Å². The summed E-state index contributed by atoms with van der Waals surface area (Å²) in [5, 5.41) is 4.11. The van der Waals surface area contributed by atoms with Gasteiger partial charge in [-0.1, -0.05) is 17.7 Å². The third-order valence-corrected chi connectivity index (χ3v) is 5.17. The molecule has 1 aromatic carbocycles. The van der Waals surface area contributed by atoms with E-state index in [1.165, 1.54) is 6.33 Å². The fraction of sp³-hybridized carbons (Fsp3) is 0.353. The molecule has 1 aliphatic rings. The maximum atomic E-state index is 12.3. The smallest absolute Gasteiger partial charge is 0.276 e. The number of benzene rings is 1. The van der Waals surface area contributed by atoms with E-state index in [1.807, 2.05) is 19.9 Å². The Kier molecular flexibility index (Phi) is 5.10. The standard InChI is InChI=1S/C17H20N4O3S/c1-12-3-5-15(6-4-12)25(22,23)21-20-14-7-8-24-17(10-14)16-9-13(2)18-11-19-16/h3-6,9,11,17,21H,7-8,10H2,1-2H3. The lowest BCUT2D eigenvalue weighted by Gasteiger charge is -2.23. The van der Waals surface area contributed by atoms with Gasteiger partial charge >= 0.3 is 0 Å². The molecule has 3 rings (SSSR count). The normalized spacial score (nSPS) is 19.8. The first-order chi connectivity index (χ1) is 11.9. The quantitative estimate of drug-likeness (QED) is 0.844. The molecule has 0 bridgehead atoms. The molecule has 132 valence electrons. The molecular weight excluding hydrogens is 340 g/mol. The second-order valence-corrected chi connectivity index (χ2v) is 7.64. The highest BCUT2D eigenvalue weighted by Gasteiger charge is 2.23. The number of nitrogens with zero attached hydrogens (tertiary/aromatic N) is 3. The van der Waals surface area contributed by atoms with Gasteiger partial charge in [-0.25, -0.2) is 14.8 Å². The van der Waals surface area contributed by atoms with E-state index in [1.54, 1.807) is 24.3 Å². The number of hydrogen-bond acceptors (Lipinski definition) is 6. The number of hydrogen-bond donors (Lipinski definition) is 1. The molecule has 1 N–H and O–H groups in total. The molecule has 25 heavy (non-hydrogen) atoms.